The van der Waals surface area contributed by atoms with Crippen molar-refractivity contribution in [3.8, 4) is 11.4 Å². The molecule has 0 bridgehead atoms. The highest BCUT2D eigenvalue weighted by Gasteiger charge is 2.28. The summed E-state index contributed by atoms with van der Waals surface area (Å²) in [5.41, 5.74) is 4.65. The first-order chi connectivity index (χ1) is 12.8. The Morgan fingerprint density at radius 1 is 1.12 bits per heavy atom. The van der Waals surface area contributed by atoms with Crippen molar-refractivity contribution in [1.29, 1.82) is 0 Å². The Labute approximate surface area is 154 Å². The molecule has 0 radical (unpaired) electrons. The fraction of sp³-hybridized carbons (Fsp3) is 0.273. The van der Waals surface area contributed by atoms with E-state index in [2.05, 4.69) is 65.2 Å². The Hall–Kier alpha value is -2.72. The lowest BCUT2D eigenvalue weighted by atomic mass is 10.2. The number of nitrogens with zero attached hydrogens (tertiary/aromatic N) is 2. The molecule has 2 heterocycles. The van der Waals surface area contributed by atoms with Crippen LogP contribution in [0, 0.1) is 6.92 Å². The van der Waals surface area contributed by atoms with Gasteiger partial charge in [-0.15, -0.1) is 0 Å². The van der Waals surface area contributed by atoms with Crippen molar-refractivity contribution in [2.24, 2.45) is 0 Å². The molecule has 1 aliphatic rings. The Morgan fingerprint density at radius 2 is 2.00 bits per heavy atom. The molecule has 0 spiro atoms. The van der Waals surface area contributed by atoms with E-state index in [1.54, 1.807) is 0 Å². The van der Waals surface area contributed by atoms with Gasteiger partial charge in [0.15, 0.2) is 6.23 Å². The molecule has 4 heteroatoms. The number of para-hydroxylation sites is 2. The summed E-state index contributed by atoms with van der Waals surface area (Å²) in [7, 11) is 0. The number of aromatic nitrogens is 1. The highest BCUT2D eigenvalue weighted by molar-refractivity contribution is 5.52. The van der Waals surface area contributed by atoms with E-state index in [9.17, 15) is 0 Å². The van der Waals surface area contributed by atoms with Crippen LogP contribution in [-0.4, -0.2) is 24.3 Å². The fourth-order valence-corrected chi connectivity index (χ4v) is 3.47. The van der Waals surface area contributed by atoms with Crippen LogP contribution in [-0.2, 0) is 4.74 Å². The van der Waals surface area contributed by atoms with Crippen molar-refractivity contribution < 1.29 is 9.47 Å². The number of anilines is 1. The number of hydrogen-bond donors (Lipinski definition) is 0. The van der Waals surface area contributed by atoms with E-state index in [-0.39, 0.29) is 6.23 Å². The highest BCUT2D eigenvalue weighted by Crippen LogP contribution is 2.33. The van der Waals surface area contributed by atoms with Gasteiger partial charge in [-0.2, -0.15) is 0 Å². The monoisotopic (exact) mass is 348 g/mol. The number of benzene rings is 2. The van der Waals surface area contributed by atoms with Crippen LogP contribution < -0.4 is 9.64 Å². The average molecular weight is 348 g/mol. The predicted molar refractivity (Wildman–Crippen MR) is 104 cm³/mol. The van der Waals surface area contributed by atoms with E-state index in [0.29, 0.717) is 6.61 Å². The first-order valence-electron chi connectivity index (χ1n) is 9.11. The molecular weight excluding hydrogens is 324 g/mol. The van der Waals surface area contributed by atoms with Crippen LogP contribution >= 0.6 is 0 Å². The Morgan fingerprint density at radius 3 is 2.85 bits per heavy atom. The summed E-state index contributed by atoms with van der Waals surface area (Å²) in [6, 6.07) is 18.8. The molecule has 2 aromatic carbocycles. The molecule has 1 aromatic heterocycles. The lowest BCUT2D eigenvalue weighted by molar-refractivity contribution is 0.114. The molecule has 0 amide bonds. The molecule has 26 heavy (non-hydrogen) atoms. The molecule has 3 aromatic rings. The molecule has 0 saturated carbocycles. The van der Waals surface area contributed by atoms with Crippen LogP contribution in [0.4, 0.5) is 5.69 Å². The summed E-state index contributed by atoms with van der Waals surface area (Å²) in [5.74, 6) is 0.889. The maximum absolute atomic E-state index is 6.05. The summed E-state index contributed by atoms with van der Waals surface area (Å²) in [6.07, 6.45) is 4.15. The molecule has 1 atom stereocenters. The van der Waals surface area contributed by atoms with Gasteiger partial charge in [0.1, 0.15) is 5.75 Å². The van der Waals surface area contributed by atoms with E-state index < -0.39 is 0 Å². The molecule has 0 aliphatic carbocycles. The largest absolute Gasteiger partial charge is 0.492 e. The van der Waals surface area contributed by atoms with Crippen molar-refractivity contribution in [3.63, 3.8) is 0 Å². The number of ether oxygens (including phenoxy) is 2. The molecule has 134 valence electrons. The summed E-state index contributed by atoms with van der Waals surface area (Å²) in [4.78, 5) is 2.32. The zero-order valence-corrected chi connectivity index (χ0v) is 15.3. The van der Waals surface area contributed by atoms with Crippen molar-refractivity contribution >= 4 is 5.69 Å². The Bertz CT molecular complexity index is 887. The molecule has 0 unspecified atom stereocenters. The van der Waals surface area contributed by atoms with E-state index in [4.69, 9.17) is 9.47 Å². The van der Waals surface area contributed by atoms with Crippen molar-refractivity contribution in [2.45, 2.75) is 20.1 Å². The normalized spacial score (nSPS) is 16.8. The maximum Gasteiger partial charge on any atom is 0.158 e. The van der Waals surface area contributed by atoms with Crippen LogP contribution in [0.25, 0.3) is 5.69 Å². The minimum atomic E-state index is -0.0581. The Kier molecular flexibility index (Phi) is 4.67. The van der Waals surface area contributed by atoms with E-state index >= 15 is 0 Å². The van der Waals surface area contributed by atoms with Crippen LogP contribution in [0.5, 0.6) is 5.75 Å². The quantitative estimate of drug-likeness (QED) is 0.667. The SMILES string of the molecule is CCOc1ccccc1-n1ccc([C@H]2OCCN2c2cccc(C)c2)c1. The van der Waals surface area contributed by atoms with Gasteiger partial charge in [0.05, 0.1) is 18.9 Å². The second-order valence-corrected chi connectivity index (χ2v) is 6.51. The third-order valence-electron chi connectivity index (χ3n) is 4.67. The van der Waals surface area contributed by atoms with Crippen molar-refractivity contribution in [1.82, 2.24) is 4.57 Å². The average Bonchev–Trinajstić information content (AvgIpc) is 3.32. The molecule has 4 rings (SSSR count). The highest BCUT2D eigenvalue weighted by atomic mass is 16.5. The van der Waals surface area contributed by atoms with Crippen LogP contribution in [0.2, 0.25) is 0 Å². The molecule has 1 aliphatic heterocycles. The van der Waals surface area contributed by atoms with Gasteiger partial charge in [0.2, 0.25) is 0 Å². The van der Waals surface area contributed by atoms with Gasteiger partial charge in [0, 0.05) is 30.2 Å². The van der Waals surface area contributed by atoms with Crippen molar-refractivity contribution in [2.75, 3.05) is 24.7 Å². The first kappa shape index (κ1) is 16.7. The van der Waals surface area contributed by atoms with Crippen LogP contribution in [0.1, 0.15) is 24.3 Å². The van der Waals surface area contributed by atoms with Gasteiger partial charge in [-0.3, -0.25) is 0 Å². The zero-order chi connectivity index (χ0) is 17.9. The van der Waals surface area contributed by atoms with Gasteiger partial charge in [-0.05, 0) is 49.7 Å². The lowest BCUT2D eigenvalue weighted by Gasteiger charge is -2.25. The lowest BCUT2D eigenvalue weighted by Crippen LogP contribution is -2.23. The van der Waals surface area contributed by atoms with Gasteiger partial charge in [0.25, 0.3) is 0 Å². The summed E-state index contributed by atoms with van der Waals surface area (Å²) < 4.78 is 13.9. The van der Waals surface area contributed by atoms with E-state index in [1.165, 1.54) is 11.3 Å². The molecule has 1 fully saturated rings. The standard InChI is InChI=1S/C22H24N2O2/c1-3-25-21-10-5-4-9-20(21)23-12-11-18(16-23)22-24(13-14-26-22)19-8-6-7-17(2)15-19/h4-12,15-16,22H,3,13-14H2,1-2H3/t22-/m1/s1. The summed E-state index contributed by atoms with van der Waals surface area (Å²) >= 11 is 0. The minimum Gasteiger partial charge on any atom is -0.492 e. The number of aryl methyl sites for hydroxylation is 1. The van der Waals surface area contributed by atoms with E-state index in [0.717, 1.165) is 30.2 Å². The summed E-state index contributed by atoms with van der Waals surface area (Å²) in [5, 5.41) is 0. The molecule has 1 saturated heterocycles. The molecule has 4 nitrogen and oxygen atoms in total. The topological polar surface area (TPSA) is 26.6 Å². The minimum absolute atomic E-state index is 0.0581. The second kappa shape index (κ2) is 7.26. The number of rotatable bonds is 5. The maximum atomic E-state index is 6.05. The van der Waals surface area contributed by atoms with Crippen LogP contribution in [0.15, 0.2) is 67.0 Å². The van der Waals surface area contributed by atoms with Gasteiger partial charge >= 0.3 is 0 Å². The molecular formula is C22H24N2O2. The number of hydrogen-bond acceptors (Lipinski definition) is 3. The summed E-state index contributed by atoms with van der Waals surface area (Å²) in [6.45, 7) is 6.41. The van der Waals surface area contributed by atoms with E-state index in [1.807, 2.05) is 25.1 Å². The first-order valence-corrected chi connectivity index (χ1v) is 9.11. The van der Waals surface area contributed by atoms with Gasteiger partial charge in [-0.1, -0.05) is 24.3 Å². The Balaban J connectivity index is 1.63. The van der Waals surface area contributed by atoms with Gasteiger partial charge < -0.3 is 18.9 Å². The third kappa shape index (κ3) is 3.20. The second-order valence-electron chi connectivity index (χ2n) is 6.51. The van der Waals surface area contributed by atoms with Crippen molar-refractivity contribution in [3.05, 3.63) is 78.1 Å². The van der Waals surface area contributed by atoms with Crippen LogP contribution in [0.3, 0.4) is 0 Å². The fourth-order valence-electron chi connectivity index (χ4n) is 3.47. The zero-order valence-electron chi connectivity index (χ0n) is 15.3. The predicted octanol–water partition coefficient (Wildman–Crippen LogP) is 4.72. The van der Waals surface area contributed by atoms with Gasteiger partial charge in [-0.25, -0.2) is 0 Å². The smallest absolute Gasteiger partial charge is 0.158 e. The molecule has 0 N–H and O–H groups in total. The third-order valence-corrected chi connectivity index (χ3v) is 4.67.